The molecule has 2 aliphatic heterocycles. The van der Waals surface area contributed by atoms with E-state index >= 15 is 0 Å². The fourth-order valence-corrected chi connectivity index (χ4v) is 4.55. The van der Waals surface area contributed by atoms with Crippen molar-refractivity contribution in [3.8, 4) is 0 Å². The Hall–Kier alpha value is -1.62. The quantitative estimate of drug-likeness (QED) is 0.666. The molecule has 2 saturated heterocycles. The molecule has 0 bridgehead atoms. The zero-order chi connectivity index (χ0) is 22.2. The lowest BCUT2D eigenvalue weighted by Gasteiger charge is -2.34. The molecule has 0 aromatic heterocycles. The van der Waals surface area contributed by atoms with Gasteiger partial charge in [-0.15, -0.1) is 0 Å². The molecule has 1 aromatic rings. The zero-order valence-electron chi connectivity index (χ0n) is 18.5. The summed E-state index contributed by atoms with van der Waals surface area (Å²) in [6.07, 6.45) is 0. The molecule has 1 N–H and O–H groups in total. The Morgan fingerprint density at radius 2 is 1.57 bits per heavy atom. The van der Waals surface area contributed by atoms with E-state index in [4.69, 9.17) is 9.31 Å². The van der Waals surface area contributed by atoms with Crippen LogP contribution < -0.4 is 10.2 Å². The molecule has 0 unspecified atom stereocenters. The van der Waals surface area contributed by atoms with Crippen LogP contribution in [-0.4, -0.2) is 80.9 Å². The summed E-state index contributed by atoms with van der Waals surface area (Å²) in [7, 11) is -3.95. The van der Waals surface area contributed by atoms with Crippen molar-refractivity contribution < 1.29 is 22.5 Å². The molecule has 0 radical (unpaired) electrons. The second-order valence-electron chi connectivity index (χ2n) is 8.98. The second-order valence-corrected chi connectivity index (χ2v) is 10.8. The van der Waals surface area contributed by atoms with Gasteiger partial charge in [-0.1, -0.05) is 12.1 Å². The number of carbonyl (C=O) groups excluding carboxylic acids is 1. The second kappa shape index (κ2) is 8.49. The predicted molar refractivity (Wildman–Crippen MR) is 118 cm³/mol. The van der Waals surface area contributed by atoms with Crippen LogP contribution in [0.15, 0.2) is 24.3 Å². The molecule has 30 heavy (non-hydrogen) atoms. The third-order valence-electron chi connectivity index (χ3n) is 6.20. The van der Waals surface area contributed by atoms with Crippen LogP contribution in [0.1, 0.15) is 34.6 Å². The van der Waals surface area contributed by atoms with E-state index in [1.807, 2.05) is 39.8 Å². The van der Waals surface area contributed by atoms with Gasteiger partial charge in [0.05, 0.1) is 17.0 Å². The highest BCUT2D eigenvalue weighted by molar-refractivity contribution is 7.92. The molecule has 1 amide bonds. The van der Waals surface area contributed by atoms with Crippen LogP contribution in [0.2, 0.25) is 0 Å². The summed E-state index contributed by atoms with van der Waals surface area (Å²) in [6, 6.07) is 7.09. The fraction of sp³-hybridized carbons (Fsp3) is 0.650. The summed E-state index contributed by atoms with van der Waals surface area (Å²) < 4.78 is 39.6. The average Bonchev–Trinajstić information content (AvgIpc) is 2.88. The van der Waals surface area contributed by atoms with Crippen LogP contribution in [-0.2, 0) is 24.1 Å². The van der Waals surface area contributed by atoms with Crippen molar-refractivity contribution in [2.45, 2.75) is 45.8 Å². The molecule has 0 atom stereocenters. The minimum Gasteiger partial charge on any atom is -0.399 e. The number of benzene rings is 1. The molecular formula is C20H32BN3O5S. The molecule has 2 fully saturated rings. The summed E-state index contributed by atoms with van der Waals surface area (Å²) >= 11 is 0. The standard InChI is InChI=1S/C20H32BN3O5S/c1-16(25)24-12-10-23(11-13-24)14-15-30(26,27)22-18-8-6-17(7-9-18)21-28-19(2,3)20(4,5)29-21/h6-9,22H,10-15H2,1-5H3. The molecule has 3 rings (SSSR count). The first-order valence-corrected chi connectivity index (χ1v) is 12.0. The number of hydrogen-bond acceptors (Lipinski definition) is 6. The molecule has 1 aromatic carbocycles. The Labute approximate surface area is 180 Å². The van der Waals surface area contributed by atoms with Crippen molar-refractivity contribution in [3.63, 3.8) is 0 Å². The van der Waals surface area contributed by atoms with Crippen molar-refractivity contribution in [1.82, 2.24) is 9.80 Å². The van der Waals surface area contributed by atoms with E-state index in [-0.39, 0.29) is 11.7 Å². The van der Waals surface area contributed by atoms with Crippen LogP contribution in [0.4, 0.5) is 5.69 Å². The van der Waals surface area contributed by atoms with E-state index < -0.39 is 28.3 Å². The largest absolute Gasteiger partial charge is 0.494 e. The van der Waals surface area contributed by atoms with Crippen LogP contribution >= 0.6 is 0 Å². The number of carbonyl (C=O) groups is 1. The molecule has 2 aliphatic rings. The van der Waals surface area contributed by atoms with Crippen molar-refractivity contribution >= 4 is 34.2 Å². The minimum atomic E-state index is -3.47. The Morgan fingerprint density at radius 3 is 2.07 bits per heavy atom. The van der Waals surface area contributed by atoms with Crippen LogP contribution in [0.25, 0.3) is 0 Å². The van der Waals surface area contributed by atoms with Gasteiger partial charge in [0.1, 0.15) is 0 Å². The van der Waals surface area contributed by atoms with Crippen LogP contribution in [0.3, 0.4) is 0 Å². The number of piperazine rings is 1. The lowest BCUT2D eigenvalue weighted by Crippen LogP contribution is -2.49. The van der Waals surface area contributed by atoms with E-state index in [1.165, 1.54) is 0 Å². The number of hydrogen-bond donors (Lipinski definition) is 1. The zero-order valence-corrected chi connectivity index (χ0v) is 19.3. The number of rotatable bonds is 6. The summed E-state index contributed by atoms with van der Waals surface area (Å²) in [6.45, 7) is 12.6. The van der Waals surface area contributed by atoms with Gasteiger partial charge >= 0.3 is 7.12 Å². The minimum absolute atomic E-state index is 0.00600. The first-order chi connectivity index (χ1) is 13.9. The highest BCUT2D eigenvalue weighted by Crippen LogP contribution is 2.36. The maximum atomic E-state index is 12.5. The maximum Gasteiger partial charge on any atom is 0.494 e. The van der Waals surface area contributed by atoms with Gasteiger partial charge in [0.25, 0.3) is 0 Å². The topological polar surface area (TPSA) is 88.2 Å². The molecule has 0 spiro atoms. The third-order valence-corrected chi connectivity index (χ3v) is 7.47. The number of sulfonamides is 1. The lowest BCUT2D eigenvalue weighted by atomic mass is 9.79. The van der Waals surface area contributed by atoms with E-state index in [2.05, 4.69) is 9.62 Å². The van der Waals surface area contributed by atoms with Crippen molar-refractivity contribution in [2.75, 3.05) is 43.2 Å². The molecule has 8 nitrogen and oxygen atoms in total. The highest BCUT2D eigenvalue weighted by atomic mass is 32.2. The van der Waals surface area contributed by atoms with Crippen molar-refractivity contribution in [2.24, 2.45) is 0 Å². The molecular weight excluding hydrogens is 405 g/mol. The summed E-state index contributed by atoms with van der Waals surface area (Å²) in [5.74, 6) is 0.0689. The first-order valence-electron chi connectivity index (χ1n) is 10.3. The molecule has 166 valence electrons. The number of amides is 1. The first kappa shape index (κ1) is 23.1. The molecule has 0 aliphatic carbocycles. The normalized spacial score (nSPS) is 21.6. The van der Waals surface area contributed by atoms with E-state index in [0.717, 1.165) is 5.46 Å². The predicted octanol–water partition coefficient (Wildman–Crippen LogP) is 0.892. The average molecular weight is 437 g/mol. The number of nitrogens with one attached hydrogen (secondary N) is 1. The van der Waals surface area contributed by atoms with Gasteiger partial charge in [0.15, 0.2) is 0 Å². The smallest absolute Gasteiger partial charge is 0.399 e. The Morgan fingerprint density at radius 1 is 1.03 bits per heavy atom. The SMILES string of the molecule is CC(=O)N1CCN(CCS(=O)(=O)Nc2ccc(B3OC(C)(C)C(C)(C)O3)cc2)CC1. The highest BCUT2D eigenvalue weighted by Gasteiger charge is 2.51. The van der Waals surface area contributed by atoms with Gasteiger partial charge in [0.2, 0.25) is 15.9 Å². The van der Waals surface area contributed by atoms with Gasteiger partial charge in [-0.05, 0) is 45.3 Å². The molecule has 10 heteroatoms. The third kappa shape index (κ3) is 5.35. The van der Waals surface area contributed by atoms with Gasteiger partial charge in [0, 0.05) is 45.3 Å². The monoisotopic (exact) mass is 437 g/mol. The van der Waals surface area contributed by atoms with Crippen LogP contribution in [0.5, 0.6) is 0 Å². The van der Waals surface area contributed by atoms with Gasteiger partial charge in [-0.2, -0.15) is 0 Å². The lowest BCUT2D eigenvalue weighted by molar-refractivity contribution is -0.130. The number of nitrogens with zero attached hydrogens (tertiary/aromatic N) is 2. The van der Waals surface area contributed by atoms with Crippen molar-refractivity contribution in [3.05, 3.63) is 24.3 Å². The molecule has 0 saturated carbocycles. The van der Waals surface area contributed by atoms with E-state index in [1.54, 1.807) is 24.0 Å². The van der Waals surface area contributed by atoms with Gasteiger partial charge in [-0.3, -0.25) is 14.4 Å². The molecule has 2 heterocycles. The van der Waals surface area contributed by atoms with Gasteiger partial charge < -0.3 is 14.2 Å². The van der Waals surface area contributed by atoms with E-state index in [9.17, 15) is 13.2 Å². The Bertz CT molecular complexity index is 849. The Balaban J connectivity index is 1.52. The van der Waals surface area contributed by atoms with Crippen molar-refractivity contribution in [1.29, 1.82) is 0 Å². The fourth-order valence-electron chi connectivity index (χ4n) is 3.45. The van der Waals surface area contributed by atoms with Crippen LogP contribution in [0, 0.1) is 0 Å². The summed E-state index contributed by atoms with van der Waals surface area (Å²) in [4.78, 5) is 15.2. The number of anilines is 1. The van der Waals surface area contributed by atoms with Gasteiger partial charge in [-0.25, -0.2) is 8.42 Å². The summed E-state index contributed by atoms with van der Waals surface area (Å²) in [5, 5.41) is 0. The summed E-state index contributed by atoms with van der Waals surface area (Å²) in [5.41, 5.74) is 0.512. The van der Waals surface area contributed by atoms with E-state index in [0.29, 0.717) is 38.4 Å². The maximum absolute atomic E-state index is 12.5. The Kier molecular flexibility index (Phi) is 6.53.